The van der Waals surface area contributed by atoms with Gasteiger partial charge in [-0.3, -0.25) is 23.5 Å². The van der Waals surface area contributed by atoms with Crippen LogP contribution in [0.15, 0.2) is 68.9 Å². The molecule has 1 N–H and O–H groups in total. The highest BCUT2D eigenvalue weighted by molar-refractivity contribution is 9.10. The Hall–Kier alpha value is -3.00. The van der Waals surface area contributed by atoms with Crippen molar-refractivity contribution in [1.82, 2.24) is 9.13 Å². The van der Waals surface area contributed by atoms with Crippen LogP contribution in [0.4, 0.5) is 10.1 Å². The molecule has 0 unspecified atom stereocenters. The average Bonchev–Trinajstić information content (AvgIpc) is 2.61. The quantitative estimate of drug-likeness (QED) is 0.645. The molecule has 0 bridgehead atoms. The molecule has 0 aliphatic rings. The molecule has 138 valence electrons. The van der Waals surface area contributed by atoms with Gasteiger partial charge in [0.1, 0.15) is 12.4 Å². The van der Waals surface area contributed by atoms with Gasteiger partial charge in [0, 0.05) is 22.6 Å². The lowest BCUT2D eigenvalue weighted by atomic mass is 10.2. The molecule has 8 heteroatoms. The molecule has 3 aromatic rings. The number of nitrogens with one attached hydrogen (secondary N) is 1. The van der Waals surface area contributed by atoms with Crippen LogP contribution in [0.3, 0.4) is 0 Å². The van der Waals surface area contributed by atoms with E-state index in [4.69, 9.17) is 0 Å². The van der Waals surface area contributed by atoms with Gasteiger partial charge in [0.05, 0.1) is 5.69 Å². The zero-order valence-electron chi connectivity index (χ0n) is 14.3. The van der Waals surface area contributed by atoms with Gasteiger partial charge in [0.2, 0.25) is 5.91 Å². The van der Waals surface area contributed by atoms with Crippen LogP contribution in [0.2, 0.25) is 0 Å². The number of halogens is 2. The first kappa shape index (κ1) is 18.8. The molecule has 0 radical (unpaired) electrons. The van der Waals surface area contributed by atoms with E-state index >= 15 is 0 Å². The normalized spacial score (nSPS) is 10.6. The lowest BCUT2D eigenvalue weighted by molar-refractivity contribution is -0.116. The van der Waals surface area contributed by atoms with E-state index in [1.807, 2.05) is 6.07 Å². The highest BCUT2D eigenvalue weighted by Crippen LogP contribution is 2.15. The van der Waals surface area contributed by atoms with Gasteiger partial charge in [-0.2, -0.15) is 0 Å². The number of carbonyl (C=O) groups excluding carboxylic acids is 1. The van der Waals surface area contributed by atoms with Gasteiger partial charge in [-0.1, -0.05) is 28.1 Å². The Morgan fingerprint density at radius 3 is 2.63 bits per heavy atom. The van der Waals surface area contributed by atoms with E-state index in [1.54, 1.807) is 25.1 Å². The monoisotopic (exact) mass is 431 g/mol. The molecule has 0 aliphatic carbocycles. The van der Waals surface area contributed by atoms with Crippen molar-refractivity contribution < 1.29 is 9.18 Å². The van der Waals surface area contributed by atoms with E-state index in [9.17, 15) is 18.8 Å². The molecule has 1 heterocycles. The molecule has 0 spiro atoms. The number of hydrogen-bond acceptors (Lipinski definition) is 3. The van der Waals surface area contributed by atoms with Gasteiger partial charge in [-0.15, -0.1) is 0 Å². The van der Waals surface area contributed by atoms with Gasteiger partial charge in [0.25, 0.3) is 0 Å². The topological polar surface area (TPSA) is 73.1 Å². The zero-order chi connectivity index (χ0) is 19.6. The fourth-order valence-corrected chi connectivity index (χ4v) is 2.99. The largest absolute Gasteiger partial charge is 0.324 e. The van der Waals surface area contributed by atoms with Crippen LogP contribution in [-0.2, 0) is 11.3 Å². The summed E-state index contributed by atoms with van der Waals surface area (Å²) in [5.41, 5.74) is -0.246. The van der Waals surface area contributed by atoms with E-state index in [1.165, 1.54) is 30.6 Å². The molecule has 1 aromatic heterocycles. The molecule has 0 saturated heterocycles. The van der Waals surface area contributed by atoms with E-state index in [0.29, 0.717) is 11.3 Å². The molecule has 27 heavy (non-hydrogen) atoms. The van der Waals surface area contributed by atoms with Gasteiger partial charge in [0.15, 0.2) is 0 Å². The minimum atomic E-state index is -0.870. The minimum Gasteiger partial charge on any atom is -0.324 e. The zero-order valence-corrected chi connectivity index (χ0v) is 15.9. The van der Waals surface area contributed by atoms with Crippen molar-refractivity contribution >= 4 is 27.5 Å². The summed E-state index contributed by atoms with van der Waals surface area (Å²) < 4.78 is 16.4. The van der Waals surface area contributed by atoms with Crippen LogP contribution in [0, 0.1) is 12.7 Å². The molecule has 6 nitrogen and oxygen atoms in total. The lowest BCUT2D eigenvalue weighted by Gasteiger charge is -2.11. The summed E-state index contributed by atoms with van der Waals surface area (Å²) in [6.07, 6.45) is 2.67. The van der Waals surface area contributed by atoms with Crippen molar-refractivity contribution in [2.24, 2.45) is 0 Å². The Bertz CT molecular complexity index is 1140. The lowest BCUT2D eigenvalue weighted by Crippen LogP contribution is -2.41. The summed E-state index contributed by atoms with van der Waals surface area (Å²) in [6.45, 7) is 1.39. The average molecular weight is 432 g/mol. The van der Waals surface area contributed by atoms with Crippen LogP contribution in [0.1, 0.15) is 5.56 Å². The number of anilines is 1. The van der Waals surface area contributed by atoms with Crippen molar-refractivity contribution in [2.45, 2.75) is 13.5 Å². The number of aromatic nitrogens is 2. The second-order valence-corrected chi connectivity index (χ2v) is 6.81. The molecule has 0 aliphatic heterocycles. The summed E-state index contributed by atoms with van der Waals surface area (Å²) in [5.74, 6) is -0.964. The molecule has 0 saturated carbocycles. The maximum atomic E-state index is 13.5. The minimum absolute atomic E-state index is 0.280. The number of rotatable bonds is 4. The van der Waals surface area contributed by atoms with Crippen molar-refractivity contribution in [3.05, 3.63) is 91.4 Å². The second-order valence-electron chi connectivity index (χ2n) is 5.90. The third-order valence-corrected chi connectivity index (χ3v) is 4.40. The highest BCUT2D eigenvalue weighted by Gasteiger charge is 2.12. The number of carbonyl (C=O) groups is 1. The second kappa shape index (κ2) is 7.71. The fourth-order valence-electron chi connectivity index (χ4n) is 2.59. The maximum Gasteiger partial charge on any atom is 0.320 e. The maximum absolute atomic E-state index is 13.5. The first-order valence-corrected chi connectivity index (χ1v) is 8.78. The Labute approximate surface area is 162 Å². The van der Waals surface area contributed by atoms with Crippen LogP contribution in [0.5, 0.6) is 0 Å². The van der Waals surface area contributed by atoms with Crippen LogP contribution in [0.25, 0.3) is 5.69 Å². The number of amides is 1. The summed E-state index contributed by atoms with van der Waals surface area (Å²) in [4.78, 5) is 36.9. The first-order chi connectivity index (χ1) is 12.8. The smallest absolute Gasteiger partial charge is 0.320 e. The van der Waals surface area contributed by atoms with E-state index in [-0.39, 0.29) is 12.2 Å². The Balaban J connectivity index is 1.87. The van der Waals surface area contributed by atoms with Crippen LogP contribution < -0.4 is 16.4 Å². The summed E-state index contributed by atoms with van der Waals surface area (Å²) in [6, 6.07) is 11.0. The number of aryl methyl sites for hydroxylation is 1. The molecular weight excluding hydrogens is 417 g/mol. The molecular formula is C19H15BrFN3O3. The van der Waals surface area contributed by atoms with E-state index in [2.05, 4.69) is 21.2 Å². The fraction of sp³-hybridized carbons (Fsp3) is 0.105. The van der Waals surface area contributed by atoms with E-state index < -0.39 is 22.8 Å². The number of benzene rings is 2. The van der Waals surface area contributed by atoms with Crippen molar-refractivity contribution in [2.75, 3.05) is 5.32 Å². The van der Waals surface area contributed by atoms with Crippen LogP contribution >= 0.6 is 15.9 Å². The molecule has 3 rings (SSSR count). The van der Waals surface area contributed by atoms with Gasteiger partial charge < -0.3 is 5.32 Å². The van der Waals surface area contributed by atoms with Crippen molar-refractivity contribution in [3.63, 3.8) is 0 Å². The molecule has 0 fully saturated rings. The molecule has 1 amide bonds. The Morgan fingerprint density at radius 1 is 1.11 bits per heavy atom. The summed E-state index contributed by atoms with van der Waals surface area (Å²) in [7, 11) is 0. The van der Waals surface area contributed by atoms with Crippen molar-refractivity contribution in [3.8, 4) is 5.69 Å². The SMILES string of the molecule is Cc1ccc(F)cc1-n1ccn(CC(=O)Nc2cccc(Br)c2)c(=O)c1=O. The van der Waals surface area contributed by atoms with E-state index in [0.717, 1.165) is 13.6 Å². The summed E-state index contributed by atoms with van der Waals surface area (Å²) >= 11 is 3.30. The Morgan fingerprint density at radius 2 is 1.89 bits per heavy atom. The first-order valence-electron chi connectivity index (χ1n) is 7.99. The number of nitrogens with zero attached hydrogens (tertiary/aromatic N) is 2. The molecule has 2 aromatic carbocycles. The van der Waals surface area contributed by atoms with Crippen molar-refractivity contribution in [1.29, 1.82) is 0 Å². The van der Waals surface area contributed by atoms with Gasteiger partial charge in [-0.25, -0.2) is 4.39 Å². The summed E-state index contributed by atoms with van der Waals surface area (Å²) in [5, 5.41) is 2.65. The third-order valence-electron chi connectivity index (χ3n) is 3.91. The predicted molar refractivity (Wildman–Crippen MR) is 104 cm³/mol. The predicted octanol–water partition coefficient (Wildman–Crippen LogP) is 2.85. The number of hydrogen-bond donors (Lipinski definition) is 1. The third kappa shape index (κ3) is 4.22. The van der Waals surface area contributed by atoms with Gasteiger partial charge >= 0.3 is 11.1 Å². The standard InChI is InChI=1S/C19H15BrFN3O3/c1-12-5-6-14(21)10-16(12)24-8-7-23(18(26)19(24)27)11-17(25)22-15-4-2-3-13(20)9-15/h2-10H,11H2,1H3,(H,22,25). The van der Waals surface area contributed by atoms with Crippen LogP contribution in [-0.4, -0.2) is 15.0 Å². The Kier molecular flexibility index (Phi) is 5.36. The van der Waals surface area contributed by atoms with Gasteiger partial charge in [-0.05, 0) is 42.8 Å². The molecule has 0 atom stereocenters. The highest BCUT2D eigenvalue weighted by atomic mass is 79.9.